The van der Waals surface area contributed by atoms with E-state index in [2.05, 4.69) is 4.98 Å². The molecule has 2 nitrogen and oxygen atoms in total. The van der Waals surface area contributed by atoms with Gasteiger partial charge >= 0.3 is 0 Å². The Labute approximate surface area is 92.6 Å². The van der Waals surface area contributed by atoms with E-state index in [0.29, 0.717) is 0 Å². The van der Waals surface area contributed by atoms with Crippen molar-refractivity contribution in [3.05, 3.63) is 52.5 Å². The largest absolute Gasteiger partial charge is 0.303 e. The summed E-state index contributed by atoms with van der Waals surface area (Å²) in [6.45, 7) is 0. The number of hydrogen-bond donors (Lipinski definition) is 0. The zero-order chi connectivity index (χ0) is 10.5. The predicted octanol–water partition coefficient (Wildman–Crippen LogP) is 2.67. The number of nitrogens with zero attached hydrogens (tertiary/aromatic N) is 1. The Bertz CT molecular complexity index is 410. The summed E-state index contributed by atoms with van der Waals surface area (Å²) in [7, 11) is 0. The Morgan fingerprint density at radius 1 is 1.33 bits per heavy atom. The molecular weight excluding hydrogens is 206 g/mol. The monoisotopic (exact) mass is 217 g/mol. The first-order valence-electron chi connectivity index (χ1n) is 4.78. The molecule has 0 aliphatic carbocycles. The van der Waals surface area contributed by atoms with Crippen molar-refractivity contribution in [1.29, 1.82) is 0 Å². The molecule has 0 spiro atoms. The van der Waals surface area contributed by atoms with Crippen molar-refractivity contribution in [2.75, 3.05) is 0 Å². The summed E-state index contributed by atoms with van der Waals surface area (Å²) in [5, 5.41) is 0. The van der Waals surface area contributed by atoms with Crippen molar-refractivity contribution < 1.29 is 4.79 Å². The number of carbonyl (C=O) groups excluding carboxylic acids is 1. The maximum absolute atomic E-state index is 11.0. The lowest BCUT2D eigenvalue weighted by Crippen LogP contribution is -2.02. The minimum Gasteiger partial charge on any atom is -0.303 e. The van der Waals surface area contributed by atoms with E-state index in [4.69, 9.17) is 0 Å². The van der Waals surface area contributed by atoms with Gasteiger partial charge in [-0.25, -0.2) is 0 Å². The normalized spacial score (nSPS) is 12.3. The van der Waals surface area contributed by atoms with Crippen LogP contribution in [0, 0.1) is 0 Å². The van der Waals surface area contributed by atoms with Gasteiger partial charge in [0, 0.05) is 17.0 Å². The van der Waals surface area contributed by atoms with E-state index < -0.39 is 0 Å². The molecule has 1 atom stereocenters. The minimum atomic E-state index is -0.0494. The van der Waals surface area contributed by atoms with Crippen LogP contribution in [0.3, 0.4) is 0 Å². The number of carbonyl (C=O) groups is 1. The second-order valence-electron chi connectivity index (χ2n) is 3.33. The molecule has 1 aromatic carbocycles. The van der Waals surface area contributed by atoms with Gasteiger partial charge in [-0.3, -0.25) is 4.98 Å². The molecule has 0 saturated carbocycles. The average Bonchev–Trinajstić information content (AvgIpc) is 2.80. The summed E-state index contributed by atoms with van der Waals surface area (Å²) >= 11 is 1.59. The van der Waals surface area contributed by atoms with Crippen LogP contribution in [0.15, 0.2) is 42.0 Å². The molecule has 0 bridgehead atoms. The third-order valence-electron chi connectivity index (χ3n) is 2.30. The van der Waals surface area contributed by atoms with E-state index in [9.17, 15) is 4.79 Å². The second-order valence-corrected chi connectivity index (χ2v) is 4.30. The van der Waals surface area contributed by atoms with E-state index in [0.717, 1.165) is 23.1 Å². The van der Waals surface area contributed by atoms with Crippen molar-refractivity contribution >= 4 is 17.6 Å². The van der Waals surface area contributed by atoms with Crippen molar-refractivity contribution in [1.82, 2.24) is 4.98 Å². The number of benzene rings is 1. The molecule has 1 heterocycles. The minimum absolute atomic E-state index is 0.0494. The molecule has 15 heavy (non-hydrogen) atoms. The summed E-state index contributed by atoms with van der Waals surface area (Å²) in [4.78, 5) is 16.2. The van der Waals surface area contributed by atoms with Gasteiger partial charge in [-0.15, -0.1) is 11.3 Å². The van der Waals surface area contributed by atoms with E-state index in [1.165, 1.54) is 0 Å². The first-order chi connectivity index (χ1) is 7.40. The van der Waals surface area contributed by atoms with Crippen LogP contribution in [0.5, 0.6) is 0 Å². The highest BCUT2D eigenvalue weighted by molar-refractivity contribution is 7.09. The van der Waals surface area contributed by atoms with E-state index in [1.807, 2.05) is 36.5 Å². The molecule has 76 valence electrons. The summed E-state index contributed by atoms with van der Waals surface area (Å²) in [5.41, 5.74) is 2.86. The van der Waals surface area contributed by atoms with Crippen molar-refractivity contribution in [2.24, 2.45) is 0 Å². The summed E-state index contributed by atoms with van der Waals surface area (Å²) in [6.07, 6.45) is 3.58. The molecular formula is C12H11NOS. The molecule has 0 aliphatic heterocycles. The van der Waals surface area contributed by atoms with Crippen molar-refractivity contribution in [3.8, 4) is 0 Å². The van der Waals surface area contributed by atoms with Gasteiger partial charge < -0.3 is 4.79 Å². The third kappa shape index (κ3) is 2.50. The summed E-state index contributed by atoms with van der Waals surface area (Å²) in [6, 6.07) is 9.84. The Morgan fingerprint density at radius 2 is 2.13 bits per heavy atom. The Balaban J connectivity index is 2.15. The second kappa shape index (κ2) is 4.84. The SMILES string of the molecule is O=CC(Cc1cncs1)c1ccccc1. The lowest BCUT2D eigenvalue weighted by molar-refractivity contribution is -0.109. The van der Waals surface area contributed by atoms with Crippen LogP contribution in [0.1, 0.15) is 16.4 Å². The molecule has 0 fully saturated rings. The van der Waals surface area contributed by atoms with Crippen LogP contribution >= 0.6 is 11.3 Å². The zero-order valence-corrected chi connectivity index (χ0v) is 8.98. The highest BCUT2D eigenvalue weighted by Gasteiger charge is 2.11. The van der Waals surface area contributed by atoms with Crippen LogP contribution in [0.25, 0.3) is 0 Å². The van der Waals surface area contributed by atoms with Crippen molar-refractivity contribution in [2.45, 2.75) is 12.3 Å². The Hall–Kier alpha value is -1.48. The summed E-state index contributed by atoms with van der Waals surface area (Å²) in [5.74, 6) is -0.0494. The predicted molar refractivity (Wildman–Crippen MR) is 61.1 cm³/mol. The van der Waals surface area contributed by atoms with Crippen LogP contribution in [0.4, 0.5) is 0 Å². The van der Waals surface area contributed by atoms with Crippen molar-refractivity contribution in [3.63, 3.8) is 0 Å². The molecule has 0 saturated heterocycles. The molecule has 0 aliphatic rings. The molecule has 2 aromatic rings. The quantitative estimate of drug-likeness (QED) is 0.737. The molecule has 2 rings (SSSR count). The number of thiazole rings is 1. The molecule has 0 N–H and O–H groups in total. The van der Waals surface area contributed by atoms with Gasteiger partial charge in [0.25, 0.3) is 0 Å². The van der Waals surface area contributed by atoms with Crippen LogP contribution in [-0.2, 0) is 11.2 Å². The smallest absolute Gasteiger partial charge is 0.127 e. The van der Waals surface area contributed by atoms with Crippen LogP contribution < -0.4 is 0 Å². The number of rotatable bonds is 4. The average molecular weight is 217 g/mol. The Kier molecular flexibility index (Phi) is 3.25. The van der Waals surface area contributed by atoms with Gasteiger partial charge in [-0.05, 0) is 12.0 Å². The van der Waals surface area contributed by atoms with E-state index in [-0.39, 0.29) is 5.92 Å². The lowest BCUT2D eigenvalue weighted by atomic mass is 9.97. The van der Waals surface area contributed by atoms with Gasteiger partial charge in [0.05, 0.1) is 5.51 Å². The van der Waals surface area contributed by atoms with Gasteiger partial charge in [0.1, 0.15) is 6.29 Å². The van der Waals surface area contributed by atoms with E-state index >= 15 is 0 Å². The van der Waals surface area contributed by atoms with Gasteiger partial charge in [0.2, 0.25) is 0 Å². The Morgan fingerprint density at radius 3 is 2.73 bits per heavy atom. The maximum Gasteiger partial charge on any atom is 0.127 e. The standard InChI is InChI=1S/C12H11NOS/c14-8-11(6-12-7-13-9-15-12)10-4-2-1-3-5-10/h1-5,7-9,11H,6H2. The van der Waals surface area contributed by atoms with Crippen LogP contribution in [0.2, 0.25) is 0 Å². The highest BCUT2D eigenvalue weighted by Crippen LogP contribution is 2.20. The topological polar surface area (TPSA) is 30.0 Å². The molecule has 1 aromatic heterocycles. The lowest BCUT2D eigenvalue weighted by Gasteiger charge is -2.08. The number of aldehydes is 1. The summed E-state index contributed by atoms with van der Waals surface area (Å²) < 4.78 is 0. The fraction of sp³-hybridized carbons (Fsp3) is 0.167. The number of hydrogen-bond acceptors (Lipinski definition) is 3. The molecule has 1 unspecified atom stereocenters. The zero-order valence-electron chi connectivity index (χ0n) is 8.17. The van der Waals surface area contributed by atoms with E-state index in [1.54, 1.807) is 16.8 Å². The third-order valence-corrected chi connectivity index (χ3v) is 3.10. The number of aromatic nitrogens is 1. The van der Waals surface area contributed by atoms with Crippen LogP contribution in [-0.4, -0.2) is 11.3 Å². The first-order valence-corrected chi connectivity index (χ1v) is 5.65. The maximum atomic E-state index is 11.0. The molecule has 3 heteroatoms. The highest BCUT2D eigenvalue weighted by atomic mass is 32.1. The van der Waals surface area contributed by atoms with Gasteiger partial charge in [-0.2, -0.15) is 0 Å². The fourth-order valence-corrected chi connectivity index (χ4v) is 2.16. The first kappa shape index (κ1) is 10.1. The van der Waals surface area contributed by atoms with Gasteiger partial charge in [0.15, 0.2) is 0 Å². The molecule has 0 amide bonds. The fourth-order valence-electron chi connectivity index (χ4n) is 1.50. The van der Waals surface area contributed by atoms with Gasteiger partial charge in [-0.1, -0.05) is 30.3 Å². The molecule has 0 radical (unpaired) electrons.